The summed E-state index contributed by atoms with van der Waals surface area (Å²) in [6, 6.07) is 13.7. The summed E-state index contributed by atoms with van der Waals surface area (Å²) in [7, 11) is -4.01. The van der Waals surface area contributed by atoms with Crippen LogP contribution in [-0.2, 0) is 14.8 Å². The van der Waals surface area contributed by atoms with Gasteiger partial charge in [-0.05, 0) is 42.5 Å². The van der Waals surface area contributed by atoms with Crippen molar-refractivity contribution in [3.8, 4) is 11.5 Å². The number of carbonyl (C=O) groups is 1. The van der Waals surface area contributed by atoms with Gasteiger partial charge in [0.1, 0.15) is 23.0 Å². The van der Waals surface area contributed by atoms with Crippen LogP contribution in [0.4, 0.5) is 5.69 Å². The fraction of sp³-hybridized carbons (Fsp3) is 0.143. The quantitative estimate of drug-likeness (QED) is 0.449. The van der Waals surface area contributed by atoms with Gasteiger partial charge in [0.2, 0.25) is 0 Å². The van der Waals surface area contributed by atoms with Gasteiger partial charge in [-0.2, -0.15) is 0 Å². The fourth-order valence-corrected chi connectivity index (χ4v) is 4.66. The van der Waals surface area contributed by atoms with Crippen LogP contribution in [0.2, 0.25) is 10.0 Å². The van der Waals surface area contributed by atoms with E-state index in [-0.39, 0.29) is 29.5 Å². The summed E-state index contributed by atoms with van der Waals surface area (Å²) in [5.74, 6) is -0.553. The van der Waals surface area contributed by atoms with E-state index in [1.807, 2.05) is 0 Å². The summed E-state index contributed by atoms with van der Waals surface area (Å²) < 4.78 is 38.6. The molecule has 3 aromatic rings. The van der Waals surface area contributed by atoms with Crippen LogP contribution in [0.1, 0.15) is 0 Å². The highest BCUT2D eigenvalue weighted by Gasteiger charge is 2.25. The lowest BCUT2D eigenvalue weighted by Gasteiger charge is -2.25. The molecule has 0 saturated carbocycles. The molecule has 1 heterocycles. The minimum absolute atomic E-state index is 0.0114. The smallest absolute Gasteiger partial charge is 0.341 e. The number of sulfonamides is 1. The Hall–Kier alpha value is -3.01. The number of carboxylic acids is 1. The third-order valence-corrected chi connectivity index (χ3v) is 6.34. The molecule has 0 saturated heterocycles. The van der Waals surface area contributed by atoms with Crippen molar-refractivity contribution < 1.29 is 27.8 Å². The number of hydrogen-bond donors (Lipinski definition) is 1. The van der Waals surface area contributed by atoms with Crippen LogP contribution in [0.15, 0.2) is 71.9 Å². The van der Waals surface area contributed by atoms with E-state index in [0.29, 0.717) is 15.8 Å². The predicted molar refractivity (Wildman–Crippen MR) is 120 cm³/mol. The summed E-state index contributed by atoms with van der Waals surface area (Å²) in [6.45, 7) is -0.641. The minimum Gasteiger partial charge on any atom is -0.492 e. The maximum atomic E-state index is 13.3. The van der Waals surface area contributed by atoms with E-state index in [9.17, 15) is 13.2 Å². The molecule has 3 rings (SSSR count). The Morgan fingerprint density at radius 3 is 2.41 bits per heavy atom. The molecular weight excluding hydrogens is 479 g/mol. The molecule has 168 valence electrons. The zero-order valence-electron chi connectivity index (χ0n) is 16.5. The van der Waals surface area contributed by atoms with Crippen molar-refractivity contribution in [1.82, 2.24) is 4.98 Å². The van der Waals surface area contributed by atoms with Gasteiger partial charge in [-0.3, -0.25) is 9.29 Å². The van der Waals surface area contributed by atoms with Gasteiger partial charge in [0.15, 0.2) is 6.61 Å². The van der Waals surface area contributed by atoms with Gasteiger partial charge in [-0.1, -0.05) is 29.3 Å². The molecule has 32 heavy (non-hydrogen) atoms. The lowest BCUT2D eigenvalue weighted by Crippen LogP contribution is -2.34. The summed E-state index contributed by atoms with van der Waals surface area (Å²) in [5.41, 5.74) is 0.268. The van der Waals surface area contributed by atoms with E-state index in [1.165, 1.54) is 36.7 Å². The highest BCUT2D eigenvalue weighted by Crippen LogP contribution is 2.28. The van der Waals surface area contributed by atoms with E-state index >= 15 is 0 Å². The second kappa shape index (κ2) is 10.5. The fourth-order valence-electron chi connectivity index (χ4n) is 2.75. The number of benzene rings is 2. The lowest BCUT2D eigenvalue weighted by molar-refractivity contribution is -0.139. The molecule has 8 nitrogen and oxygen atoms in total. The van der Waals surface area contributed by atoms with Gasteiger partial charge in [-0.25, -0.2) is 13.2 Å². The molecule has 1 aromatic heterocycles. The molecule has 2 aromatic carbocycles. The van der Waals surface area contributed by atoms with Gasteiger partial charge in [0.05, 0.1) is 12.2 Å². The average molecular weight is 497 g/mol. The van der Waals surface area contributed by atoms with E-state index in [1.54, 1.807) is 30.3 Å². The topological polar surface area (TPSA) is 106 Å². The first-order valence-corrected chi connectivity index (χ1v) is 11.4. The number of anilines is 1. The van der Waals surface area contributed by atoms with E-state index in [2.05, 4.69) is 4.98 Å². The molecular formula is C21H18Cl2N2O6S. The van der Waals surface area contributed by atoms with Crippen molar-refractivity contribution in [1.29, 1.82) is 0 Å². The number of hydrogen-bond acceptors (Lipinski definition) is 6. The van der Waals surface area contributed by atoms with E-state index in [0.717, 1.165) is 4.31 Å². The van der Waals surface area contributed by atoms with E-state index < -0.39 is 22.6 Å². The Bertz CT molecular complexity index is 1170. The summed E-state index contributed by atoms with van der Waals surface area (Å²) in [6.07, 6.45) is 2.71. The van der Waals surface area contributed by atoms with Crippen molar-refractivity contribution in [2.24, 2.45) is 0 Å². The largest absolute Gasteiger partial charge is 0.492 e. The lowest BCUT2D eigenvalue weighted by atomic mass is 10.3. The Morgan fingerprint density at radius 1 is 1.00 bits per heavy atom. The van der Waals surface area contributed by atoms with Crippen molar-refractivity contribution in [3.05, 3.63) is 77.0 Å². The monoisotopic (exact) mass is 496 g/mol. The highest BCUT2D eigenvalue weighted by molar-refractivity contribution is 7.92. The first kappa shape index (κ1) is 23.6. The molecule has 0 unspecified atom stereocenters. The highest BCUT2D eigenvalue weighted by atomic mass is 35.5. The van der Waals surface area contributed by atoms with Crippen molar-refractivity contribution >= 4 is 44.9 Å². The number of aromatic nitrogens is 1. The number of nitrogens with zero attached hydrogens (tertiary/aromatic N) is 2. The average Bonchev–Trinajstić information content (AvgIpc) is 2.75. The molecule has 0 fully saturated rings. The van der Waals surface area contributed by atoms with Crippen molar-refractivity contribution in [2.45, 2.75) is 4.90 Å². The Labute approximate surface area is 195 Å². The van der Waals surface area contributed by atoms with Crippen LogP contribution in [0, 0.1) is 0 Å². The number of pyridine rings is 1. The normalized spacial score (nSPS) is 11.1. The van der Waals surface area contributed by atoms with Crippen LogP contribution in [0.3, 0.4) is 0 Å². The molecule has 0 amide bonds. The molecule has 0 aliphatic heterocycles. The molecule has 0 aliphatic rings. The predicted octanol–water partition coefficient (Wildman–Crippen LogP) is 4.13. The Balaban J connectivity index is 1.88. The zero-order valence-corrected chi connectivity index (χ0v) is 18.8. The zero-order chi connectivity index (χ0) is 23.1. The maximum absolute atomic E-state index is 13.3. The maximum Gasteiger partial charge on any atom is 0.341 e. The standard InChI is InChI=1S/C21H18Cl2N2O6S/c22-15-9-16(23)11-19(10-15)30-8-7-25(32(28,29)20-5-2-6-24-13-20)17-3-1-4-18(12-17)31-14-21(26)27/h1-6,9-13H,7-8,14H2,(H,26,27). The third-order valence-electron chi connectivity index (χ3n) is 4.09. The van der Waals surface area contributed by atoms with Crippen molar-refractivity contribution in [2.75, 3.05) is 24.1 Å². The molecule has 0 atom stereocenters. The second-order valence-electron chi connectivity index (χ2n) is 6.40. The van der Waals surface area contributed by atoms with Crippen LogP contribution < -0.4 is 13.8 Å². The van der Waals surface area contributed by atoms with Gasteiger partial charge in [0, 0.05) is 28.5 Å². The third kappa shape index (κ3) is 6.25. The van der Waals surface area contributed by atoms with Crippen LogP contribution in [0.5, 0.6) is 11.5 Å². The number of halogens is 2. The first-order chi connectivity index (χ1) is 15.3. The van der Waals surface area contributed by atoms with Gasteiger partial charge < -0.3 is 14.6 Å². The molecule has 11 heteroatoms. The molecule has 0 radical (unpaired) electrons. The Kier molecular flexibility index (Phi) is 7.79. The van der Waals surface area contributed by atoms with Crippen molar-refractivity contribution in [3.63, 3.8) is 0 Å². The van der Waals surface area contributed by atoms with Gasteiger partial charge in [-0.15, -0.1) is 0 Å². The van der Waals surface area contributed by atoms with Gasteiger partial charge >= 0.3 is 5.97 Å². The van der Waals surface area contributed by atoms with Crippen LogP contribution in [0.25, 0.3) is 0 Å². The molecule has 0 bridgehead atoms. The van der Waals surface area contributed by atoms with Crippen LogP contribution in [-0.4, -0.2) is 44.2 Å². The van der Waals surface area contributed by atoms with Crippen LogP contribution >= 0.6 is 23.2 Å². The molecule has 1 N–H and O–H groups in total. The number of aliphatic carboxylic acids is 1. The first-order valence-electron chi connectivity index (χ1n) is 9.22. The minimum atomic E-state index is -4.01. The SMILES string of the molecule is O=C(O)COc1cccc(N(CCOc2cc(Cl)cc(Cl)c2)S(=O)(=O)c2cccnc2)c1. The summed E-state index contributed by atoms with van der Waals surface area (Å²) in [5, 5.41) is 9.59. The number of rotatable bonds is 10. The summed E-state index contributed by atoms with van der Waals surface area (Å²) >= 11 is 12.0. The molecule has 0 spiro atoms. The molecule has 0 aliphatic carbocycles. The number of carboxylic acid groups (broad SMARTS) is 1. The Morgan fingerprint density at radius 2 is 1.75 bits per heavy atom. The summed E-state index contributed by atoms with van der Waals surface area (Å²) in [4.78, 5) is 14.7. The van der Waals surface area contributed by atoms with E-state index in [4.69, 9.17) is 37.8 Å². The second-order valence-corrected chi connectivity index (χ2v) is 9.13. The van der Waals surface area contributed by atoms with Gasteiger partial charge in [0.25, 0.3) is 10.0 Å². The number of ether oxygens (including phenoxy) is 2.